The summed E-state index contributed by atoms with van der Waals surface area (Å²) in [5, 5.41) is 9.05. The van der Waals surface area contributed by atoms with Crippen LogP contribution in [-0.4, -0.2) is 9.55 Å². The summed E-state index contributed by atoms with van der Waals surface area (Å²) in [6.07, 6.45) is 1.68. The van der Waals surface area contributed by atoms with Crippen LogP contribution in [0.25, 0.3) is 22.4 Å². The van der Waals surface area contributed by atoms with Gasteiger partial charge in [0.2, 0.25) is 0 Å². The van der Waals surface area contributed by atoms with Gasteiger partial charge < -0.3 is 8.98 Å². The Bertz CT molecular complexity index is 833. The number of hydrogen-bond acceptors (Lipinski definition) is 3. The summed E-state index contributed by atoms with van der Waals surface area (Å²) in [4.78, 5) is 4.73. The van der Waals surface area contributed by atoms with Gasteiger partial charge >= 0.3 is 0 Å². The van der Waals surface area contributed by atoms with Crippen LogP contribution in [0.1, 0.15) is 25.2 Å². The van der Waals surface area contributed by atoms with Crippen molar-refractivity contribution in [2.24, 2.45) is 5.92 Å². The summed E-state index contributed by atoms with van der Waals surface area (Å²) in [6, 6.07) is 9.76. The van der Waals surface area contributed by atoms with Crippen molar-refractivity contribution in [1.82, 2.24) is 9.55 Å². The second kappa shape index (κ2) is 5.10. The monoisotopic (exact) mass is 279 g/mol. The van der Waals surface area contributed by atoms with E-state index in [4.69, 9.17) is 14.7 Å². The van der Waals surface area contributed by atoms with Crippen LogP contribution in [-0.2, 0) is 6.54 Å². The molecule has 0 unspecified atom stereocenters. The van der Waals surface area contributed by atoms with Crippen molar-refractivity contribution in [3.8, 4) is 17.5 Å². The van der Waals surface area contributed by atoms with Crippen molar-refractivity contribution >= 4 is 11.0 Å². The number of aromatic nitrogens is 2. The fourth-order valence-corrected chi connectivity index (χ4v) is 2.57. The van der Waals surface area contributed by atoms with Crippen molar-refractivity contribution in [2.75, 3.05) is 0 Å². The highest BCUT2D eigenvalue weighted by Crippen LogP contribution is 2.29. The third-order valence-electron chi connectivity index (χ3n) is 3.52. The van der Waals surface area contributed by atoms with Crippen LogP contribution in [0.15, 0.2) is 34.9 Å². The summed E-state index contributed by atoms with van der Waals surface area (Å²) >= 11 is 0. The average Bonchev–Trinajstić information content (AvgIpc) is 3.02. The molecule has 0 atom stereocenters. The Hall–Kier alpha value is -2.54. The van der Waals surface area contributed by atoms with E-state index in [0.29, 0.717) is 11.5 Å². The van der Waals surface area contributed by atoms with Gasteiger partial charge in [-0.1, -0.05) is 13.8 Å². The fourth-order valence-electron chi connectivity index (χ4n) is 2.57. The molecule has 0 spiro atoms. The molecule has 0 N–H and O–H groups in total. The van der Waals surface area contributed by atoms with Gasteiger partial charge in [-0.05, 0) is 37.1 Å². The predicted molar refractivity (Wildman–Crippen MR) is 81.7 cm³/mol. The Balaban J connectivity index is 2.27. The van der Waals surface area contributed by atoms with Gasteiger partial charge in [0.1, 0.15) is 11.6 Å². The lowest BCUT2D eigenvalue weighted by Gasteiger charge is -2.11. The Morgan fingerprint density at radius 3 is 2.76 bits per heavy atom. The topological polar surface area (TPSA) is 54.8 Å². The van der Waals surface area contributed by atoms with Gasteiger partial charge in [-0.2, -0.15) is 5.26 Å². The molecule has 1 aromatic carbocycles. The van der Waals surface area contributed by atoms with Crippen LogP contribution in [0.2, 0.25) is 0 Å². The maximum Gasteiger partial charge on any atom is 0.144 e. The van der Waals surface area contributed by atoms with E-state index in [0.717, 1.165) is 34.7 Å². The van der Waals surface area contributed by atoms with Crippen LogP contribution in [0, 0.1) is 24.2 Å². The summed E-state index contributed by atoms with van der Waals surface area (Å²) in [5.41, 5.74) is 3.54. The molecule has 0 radical (unpaired) electrons. The number of nitriles is 1. The summed E-state index contributed by atoms with van der Waals surface area (Å²) in [6.45, 7) is 7.18. The Morgan fingerprint density at radius 1 is 1.33 bits per heavy atom. The molecule has 0 aliphatic rings. The number of nitrogens with zero attached hydrogens (tertiary/aromatic N) is 3. The molecule has 4 heteroatoms. The van der Waals surface area contributed by atoms with E-state index in [1.807, 2.05) is 31.2 Å². The second-order valence-corrected chi connectivity index (χ2v) is 5.65. The number of imidazole rings is 1. The third kappa shape index (κ3) is 2.31. The molecule has 0 saturated heterocycles. The van der Waals surface area contributed by atoms with Gasteiger partial charge in [0.25, 0.3) is 0 Å². The molecule has 0 saturated carbocycles. The van der Waals surface area contributed by atoms with Crippen LogP contribution >= 0.6 is 0 Å². The lowest BCUT2D eigenvalue weighted by atomic mass is 10.2. The molecule has 0 amide bonds. The molecule has 2 heterocycles. The van der Waals surface area contributed by atoms with Gasteiger partial charge in [0.05, 0.1) is 34.5 Å². The first-order chi connectivity index (χ1) is 10.1. The van der Waals surface area contributed by atoms with E-state index >= 15 is 0 Å². The van der Waals surface area contributed by atoms with E-state index in [-0.39, 0.29) is 0 Å². The summed E-state index contributed by atoms with van der Waals surface area (Å²) in [7, 11) is 0. The number of hydrogen-bond donors (Lipinski definition) is 0. The SMILES string of the molecule is Cc1occc1-c1nc2cc(C#N)ccc2n1CC(C)C. The van der Waals surface area contributed by atoms with Crippen LogP contribution in [0.3, 0.4) is 0 Å². The lowest BCUT2D eigenvalue weighted by Crippen LogP contribution is -2.06. The summed E-state index contributed by atoms with van der Waals surface area (Å²) < 4.78 is 7.62. The molecule has 2 aromatic heterocycles. The molecular formula is C17H17N3O. The van der Waals surface area contributed by atoms with Crippen LogP contribution in [0.5, 0.6) is 0 Å². The first-order valence-corrected chi connectivity index (χ1v) is 7.05. The van der Waals surface area contributed by atoms with Crippen LogP contribution < -0.4 is 0 Å². The highest BCUT2D eigenvalue weighted by Gasteiger charge is 2.16. The Morgan fingerprint density at radius 2 is 2.14 bits per heavy atom. The molecular weight excluding hydrogens is 262 g/mol. The minimum absolute atomic E-state index is 0.504. The average molecular weight is 279 g/mol. The molecule has 0 aliphatic heterocycles. The fraction of sp³-hybridized carbons (Fsp3) is 0.294. The number of furan rings is 1. The number of benzene rings is 1. The standard InChI is InChI=1S/C17H17N3O/c1-11(2)10-20-16-5-4-13(9-18)8-15(16)19-17(20)14-6-7-21-12(14)3/h4-8,11H,10H2,1-3H3. The van der Waals surface area contributed by atoms with Gasteiger partial charge in [-0.15, -0.1) is 0 Å². The number of aryl methyl sites for hydroxylation is 1. The maximum absolute atomic E-state index is 9.05. The zero-order valence-corrected chi connectivity index (χ0v) is 12.4. The lowest BCUT2D eigenvalue weighted by molar-refractivity contribution is 0.528. The van der Waals surface area contributed by atoms with Crippen molar-refractivity contribution in [1.29, 1.82) is 5.26 Å². The minimum atomic E-state index is 0.504. The van der Waals surface area contributed by atoms with Crippen molar-refractivity contribution in [3.63, 3.8) is 0 Å². The quantitative estimate of drug-likeness (QED) is 0.724. The first-order valence-electron chi connectivity index (χ1n) is 7.05. The van der Waals surface area contributed by atoms with Gasteiger partial charge in [-0.25, -0.2) is 4.98 Å². The Labute approximate surface area is 123 Å². The predicted octanol–water partition coefficient (Wildman–Crippen LogP) is 4.13. The van der Waals surface area contributed by atoms with Gasteiger partial charge in [0, 0.05) is 6.54 Å². The van der Waals surface area contributed by atoms with Gasteiger partial charge in [-0.3, -0.25) is 0 Å². The normalized spacial score (nSPS) is 11.2. The van der Waals surface area contributed by atoms with Gasteiger partial charge in [0.15, 0.2) is 0 Å². The van der Waals surface area contributed by atoms with E-state index in [2.05, 4.69) is 24.5 Å². The molecule has 0 aliphatic carbocycles. The largest absolute Gasteiger partial charge is 0.469 e. The van der Waals surface area contributed by atoms with Crippen molar-refractivity contribution in [2.45, 2.75) is 27.3 Å². The minimum Gasteiger partial charge on any atom is -0.469 e. The molecule has 4 nitrogen and oxygen atoms in total. The zero-order chi connectivity index (χ0) is 15.0. The van der Waals surface area contributed by atoms with Crippen LogP contribution in [0.4, 0.5) is 0 Å². The van der Waals surface area contributed by atoms with E-state index in [9.17, 15) is 0 Å². The van der Waals surface area contributed by atoms with Crippen molar-refractivity contribution < 1.29 is 4.42 Å². The molecule has 106 valence electrons. The Kier molecular flexibility index (Phi) is 3.26. The molecule has 3 aromatic rings. The molecule has 0 bridgehead atoms. The van der Waals surface area contributed by atoms with E-state index in [1.54, 1.807) is 6.26 Å². The maximum atomic E-state index is 9.05. The molecule has 0 fully saturated rings. The number of rotatable bonds is 3. The molecule has 21 heavy (non-hydrogen) atoms. The smallest absolute Gasteiger partial charge is 0.144 e. The first kappa shape index (κ1) is 13.4. The molecule has 3 rings (SSSR count). The summed E-state index contributed by atoms with van der Waals surface area (Å²) in [5.74, 6) is 2.26. The third-order valence-corrected chi connectivity index (χ3v) is 3.52. The van der Waals surface area contributed by atoms with Crippen molar-refractivity contribution in [3.05, 3.63) is 41.9 Å². The van der Waals surface area contributed by atoms with E-state index in [1.165, 1.54) is 0 Å². The van der Waals surface area contributed by atoms with E-state index < -0.39 is 0 Å². The highest BCUT2D eigenvalue weighted by atomic mass is 16.3. The zero-order valence-electron chi connectivity index (χ0n) is 12.4. The number of fused-ring (bicyclic) bond motifs is 1. The highest BCUT2D eigenvalue weighted by molar-refractivity contribution is 5.82. The second-order valence-electron chi connectivity index (χ2n) is 5.65.